The van der Waals surface area contributed by atoms with Gasteiger partial charge in [-0.05, 0) is 61.9 Å². The minimum atomic E-state index is 0.0312. The Morgan fingerprint density at radius 3 is 2.33 bits per heavy atom. The van der Waals surface area contributed by atoms with E-state index in [1.807, 2.05) is 38.1 Å². The minimum absolute atomic E-state index is 0.0312. The van der Waals surface area contributed by atoms with E-state index in [2.05, 4.69) is 30.4 Å². The lowest BCUT2D eigenvalue weighted by molar-refractivity contribution is 0.0952. The molecular formula is C19H23NO. The third kappa shape index (κ3) is 4.19. The van der Waals surface area contributed by atoms with Gasteiger partial charge in [-0.15, -0.1) is 0 Å². The summed E-state index contributed by atoms with van der Waals surface area (Å²) in [6.45, 7) is 6.82. The maximum Gasteiger partial charge on any atom is 0.251 e. The second-order valence-electron chi connectivity index (χ2n) is 5.60. The van der Waals surface area contributed by atoms with Crippen molar-refractivity contribution in [2.45, 2.75) is 33.6 Å². The van der Waals surface area contributed by atoms with Crippen molar-refractivity contribution in [2.75, 3.05) is 6.54 Å². The molecule has 0 saturated carbocycles. The highest BCUT2D eigenvalue weighted by Gasteiger charge is 2.09. The summed E-state index contributed by atoms with van der Waals surface area (Å²) >= 11 is 0. The molecule has 0 aromatic heterocycles. The summed E-state index contributed by atoms with van der Waals surface area (Å²) in [5.74, 6) is 0.0312. The normalized spacial score (nSPS) is 10.4. The average molecular weight is 281 g/mol. The van der Waals surface area contributed by atoms with Crippen LogP contribution >= 0.6 is 0 Å². The highest BCUT2D eigenvalue weighted by atomic mass is 16.1. The molecule has 0 radical (unpaired) electrons. The lowest BCUT2D eigenvalue weighted by Crippen LogP contribution is -2.25. The Balaban J connectivity index is 1.86. The zero-order valence-corrected chi connectivity index (χ0v) is 13.1. The van der Waals surface area contributed by atoms with Gasteiger partial charge in [0.2, 0.25) is 0 Å². The van der Waals surface area contributed by atoms with Crippen LogP contribution < -0.4 is 5.32 Å². The van der Waals surface area contributed by atoms with Crippen molar-refractivity contribution in [3.8, 4) is 0 Å². The number of carbonyl (C=O) groups excluding carboxylic acids is 1. The molecule has 0 saturated heterocycles. The molecule has 2 rings (SSSR count). The van der Waals surface area contributed by atoms with Crippen LogP contribution in [0.1, 0.15) is 39.0 Å². The number of hydrogen-bond acceptors (Lipinski definition) is 1. The Labute approximate surface area is 127 Å². The summed E-state index contributed by atoms with van der Waals surface area (Å²) in [6.07, 6.45) is 1.95. The lowest BCUT2D eigenvalue weighted by Gasteiger charge is -2.10. The maximum absolute atomic E-state index is 12.2. The van der Waals surface area contributed by atoms with Gasteiger partial charge in [-0.25, -0.2) is 0 Å². The molecule has 1 amide bonds. The van der Waals surface area contributed by atoms with Crippen molar-refractivity contribution in [3.05, 3.63) is 70.3 Å². The predicted molar refractivity (Wildman–Crippen MR) is 87.7 cm³/mol. The fraction of sp³-hybridized carbons (Fsp3) is 0.316. The lowest BCUT2D eigenvalue weighted by atomic mass is 10.0. The van der Waals surface area contributed by atoms with Crippen molar-refractivity contribution in [3.63, 3.8) is 0 Å². The quantitative estimate of drug-likeness (QED) is 0.825. The highest BCUT2D eigenvalue weighted by Crippen LogP contribution is 2.15. The molecule has 2 heteroatoms. The van der Waals surface area contributed by atoms with Crippen molar-refractivity contribution < 1.29 is 4.79 Å². The Morgan fingerprint density at radius 2 is 1.62 bits per heavy atom. The Bertz CT molecular complexity index is 617. The second-order valence-corrected chi connectivity index (χ2v) is 5.60. The average Bonchev–Trinajstić information content (AvgIpc) is 2.48. The van der Waals surface area contributed by atoms with Crippen LogP contribution in [0.15, 0.2) is 42.5 Å². The van der Waals surface area contributed by atoms with Crippen LogP contribution in [0.5, 0.6) is 0 Å². The van der Waals surface area contributed by atoms with Crippen LogP contribution in [0.25, 0.3) is 0 Å². The van der Waals surface area contributed by atoms with Gasteiger partial charge in [0.1, 0.15) is 0 Å². The van der Waals surface area contributed by atoms with Crippen LogP contribution in [0.2, 0.25) is 0 Å². The molecule has 2 nitrogen and oxygen atoms in total. The number of amides is 1. The summed E-state index contributed by atoms with van der Waals surface area (Å²) < 4.78 is 0. The van der Waals surface area contributed by atoms with E-state index in [1.165, 1.54) is 11.1 Å². The molecule has 1 N–H and O–H groups in total. The zero-order chi connectivity index (χ0) is 15.2. The van der Waals surface area contributed by atoms with Crippen LogP contribution in [-0.2, 0) is 6.42 Å². The largest absolute Gasteiger partial charge is 0.352 e. The van der Waals surface area contributed by atoms with Crippen molar-refractivity contribution in [2.24, 2.45) is 0 Å². The third-order valence-electron chi connectivity index (χ3n) is 3.86. The zero-order valence-electron chi connectivity index (χ0n) is 13.1. The number of nitrogens with one attached hydrogen (secondary N) is 1. The number of benzene rings is 2. The number of carbonyl (C=O) groups is 1. The molecular weight excluding hydrogens is 258 g/mol. The smallest absolute Gasteiger partial charge is 0.251 e. The van der Waals surface area contributed by atoms with Gasteiger partial charge in [0, 0.05) is 12.1 Å². The maximum atomic E-state index is 12.2. The Morgan fingerprint density at radius 1 is 0.952 bits per heavy atom. The van der Waals surface area contributed by atoms with Gasteiger partial charge in [0.25, 0.3) is 5.91 Å². The summed E-state index contributed by atoms with van der Waals surface area (Å²) in [4.78, 5) is 12.2. The highest BCUT2D eigenvalue weighted by molar-refractivity contribution is 5.95. The molecule has 0 bridgehead atoms. The molecule has 0 fully saturated rings. The fourth-order valence-electron chi connectivity index (χ4n) is 2.44. The predicted octanol–water partition coefficient (Wildman–Crippen LogP) is 3.97. The van der Waals surface area contributed by atoms with Crippen molar-refractivity contribution in [1.82, 2.24) is 5.32 Å². The molecule has 0 heterocycles. The monoisotopic (exact) mass is 281 g/mol. The Kier molecular flexibility index (Phi) is 5.15. The second kappa shape index (κ2) is 7.07. The fourth-order valence-corrected chi connectivity index (χ4v) is 2.44. The van der Waals surface area contributed by atoms with Gasteiger partial charge in [0.15, 0.2) is 0 Å². The first-order valence-corrected chi connectivity index (χ1v) is 7.48. The van der Waals surface area contributed by atoms with E-state index in [0.29, 0.717) is 6.54 Å². The number of hydrogen-bond donors (Lipinski definition) is 1. The van der Waals surface area contributed by atoms with E-state index < -0.39 is 0 Å². The summed E-state index contributed by atoms with van der Waals surface area (Å²) in [7, 11) is 0. The van der Waals surface area contributed by atoms with E-state index in [0.717, 1.165) is 29.5 Å². The summed E-state index contributed by atoms with van der Waals surface area (Å²) in [6, 6.07) is 14.4. The number of aryl methyl sites for hydroxylation is 4. The molecule has 2 aromatic rings. The van der Waals surface area contributed by atoms with Gasteiger partial charge in [-0.2, -0.15) is 0 Å². The molecule has 0 unspecified atom stereocenters. The van der Waals surface area contributed by atoms with E-state index in [-0.39, 0.29) is 5.91 Å². The third-order valence-corrected chi connectivity index (χ3v) is 3.86. The molecule has 0 atom stereocenters. The van der Waals surface area contributed by atoms with Crippen LogP contribution in [-0.4, -0.2) is 12.5 Å². The first kappa shape index (κ1) is 15.3. The van der Waals surface area contributed by atoms with E-state index in [9.17, 15) is 4.79 Å². The Hall–Kier alpha value is -2.09. The molecule has 0 aliphatic rings. The van der Waals surface area contributed by atoms with E-state index in [4.69, 9.17) is 0 Å². The molecule has 0 spiro atoms. The van der Waals surface area contributed by atoms with Gasteiger partial charge in [-0.3, -0.25) is 4.79 Å². The molecule has 21 heavy (non-hydrogen) atoms. The van der Waals surface area contributed by atoms with Gasteiger partial charge in [-0.1, -0.05) is 36.4 Å². The molecule has 2 aromatic carbocycles. The summed E-state index contributed by atoms with van der Waals surface area (Å²) in [5.41, 5.74) is 5.54. The standard InChI is InChI=1S/C19H23NO/c1-14-12-16(3)18(13-15(14)2)19(21)20-11-7-10-17-8-5-4-6-9-17/h4-6,8-9,12-13H,7,10-11H2,1-3H3,(H,20,21). The van der Waals surface area contributed by atoms with Crippen LogP contribution in [0.3, 0.4) is 0 Å². The first-order valence-electron chi connectivity index (χ1n) is 7.48. The summed E-state index contributed by atoms with van der Waals surface area (Å²) in [5, 5.41) is 3.02. The molecule has 0 aliphatic heterocycles. The first-order chi connectivity index (χ1) is 10.1. The van der Waals surface area contributed by atoms with Gasteiger partial charge in [0.05, 0.1) is 0 Å². The molecule has 0 aliphatic carbocycles. The van der Waals surface area contributed by atoms with Crippen LogP contribution in [0, 0.1) is 20.8 Å². The van der Waals surface area contributed by atoms with E-state index in [1.54, 1.807) is 0 Å². The number of rotatable bonds is 5. The van der Waals surface area contributed by atoms with Crippen molar-refractivity contribution >= 4 is 5.91 Å². The topological polar surface area (TPSA) is 29.1 Å². The SMILES string of the molecule is Cc1cc(C)c(C(=O)NCCCc2ccccc2)cc1C. The minimum Gasteiger partial charge on any atom is -0.352 e. The van der Waals surface area contributed by atoms with Gasteiger partial charge < -0.3 is 5.32 Å². The van der Waals surface area contributed by atoms with Gasteiger partial charge >= 0.3 is 0 Å². The van der Waals surface area contributed by atoms with Crippen molar-refractivity contribution in [1.29, 1.82) is 0 Å². The van der Waals surface area contributed by atoms with Crippen LogP contribution in [0.4, 0.5) is 0 Å². The van der Waals surface area contributed by atoms with E-state index >= 15 is 0 Å². The molecule has 110 valence electrons.